The van der Waals surface area contributed by atoms with E-state index in [1.807, 2.05) is 18.7 Å². The van der Waals surface area contributed by atoms with Gasteiger partial charge in [-0.2, -0.15) is 0 Å². The van der Waals surface area contributed by atoms with Gasteiger partial charge in [-0.15, -0.1) is 0 Å². The molecule has 1 atom stereocenters. The van der Waals surface area contributed by atoms with Gasteiger partial charge in [0.15, 0.2) is 0 Å². The van der Waals surface area contributed by atoms with Crippen molar-refractivity contribution < 1.29 is 19.6 Å². The van der Waals surface area contributed by atoms with Crippen molar-refractivity contribution in [1.82, 2.24) is 5.32 Å². The summed E-state index contributed by atoms with van der Waals surface area (Å²) in [7, 11) is 0. The minimum Gasteiger partial charge on any atom is -0.480 e. The summed E-state index contributed by atoms with van der Waals surface area (Å²) in [6.07, 6.45) is 2.25. The molecule has 1 heterocycles. The van der Waals surface area contributed by atoms with Crippen LogP contribution in [0.3, 0.4) is 0 Å². The largest absolute Gasteiger partial charge is 0.480 e. The number of hydrogen-bond donors (Lipinski definition) is 2. The van der Waals surface area contributed by atoms with Crippen LogP contribution in [0.2, 0.25) is 0 Å². The van der Waals surface area contributed by atoms with E-state index in [4.69, 9.17) is 0 Å². The van der Waals surface area contributed by atoms with Crippen LogP contribution >= 0.6 is 0 Å². The van der Waals surface area contributed by atoms with E-state index >= 15 is 0 Å². The molecule has 1 amide bonds. The van der Waals surface area contributed by atoms with E-state index in [1.165, 1.54) is 12.1 Å². The van der Waals surface area contributed by atoms with Crippen LogP contribution in [0.25, 0.3) is 0 Å². The van der Waals surface area contributed by atoms with E-state index in [-0.39, 0.29) is 23.6 Å². The van der Waals surface area contributed by atoms with Crippen LogP contribution in [-0.2, 0) is 4.79 Å². The molecule has 25 heavy (non-hydrogen) atoms. The first-order valence-corrected chi connectivity index (χ1v) is 8.36. The molecule has 0 radical (unpaired) electrons. The molecule has 1 aliphatic heterocycles. The second-order valence-electron chi connectivity index (χ2n) is 6.65. The van der Waals surface area contributed by atoms with Gasteiger partial charge in [0.05, 0.1) is 4.92 Å². The van der Waals surface area contributed by atoms with Crippen molar-refractivity contribution in [3.8, 4) is 0 Å². The van der Waals surface area contributed by atoms with E-state index in [9.17, 15) is 24.8 Å². The van der Waals surface area contributed by atoms with Gasteiger partial charge in [-0.05, 0) is 37.3 Å². The summed E-state index contributed by atoms with van der Waals surface area (Å²) in [5, 5.41) is 23.0. The van der Waals surface area contributed by atoms with Gasteiger partial charge < -0.3 is 15.3 Å². The molecule has 1 aliphatic rings. The Morgan fingerprint density at radius 3 is 2.48 bits per heavy atom. The zero-order valence-electron chi connectivity index (χ0n) is 14.4. The first-order valence-electron chi connectivity index (χ1n) is 8.36. The third-order valence-electron chi connectivity index (χ3n) is 4.19. The number of carboxylic acids is 1. The molecule has 8 heteroatoms. The molecule has 1 unspecified atom stereocenters. The second kappa shape index (κ2) is 7.96. The number of hydrogen-bond acceptors (Lipinski definition) is 5. The fraction of sp³-hybridized carbons (Fsp3) is 0.529. The normalized spacial score (nSPS) is 15.2. The summed E-state index contributed by atoms with van der Waals surface area (Å²) in [6.45, 7) is 5.22. The topological polar surface area (TPSA) is 113 Å². The highest BCUT2D eigenvalue weighted by molar-refractivity contribution is 5.97. The fourth-order valence-corrected chi connectivity index (χ4v) is 2.97. The number of benzene rings is 1. The van der Waals surface area contributed by atoms with E-state index in [0.29, 0.717) is 5.69 Å². The average Bonchev–Trinajstić information content (AvgIpc) is 3.07. The van der Waals surface area contributed by atoms with Gasteiger partial charge in [0.25, 0.3) is 11.6 Å². The summed E-state index contributed by atoms with van der Waals surface area (Å²) in [5.74, 6) is -1.65. The molecule has 0 bridgehead atoms. The molecule has 136 valence electrons. The van der Waals surface area contributed by atoms with E-state index < -0.39 is 22.8 Å². The molecule has 2 N–H and O–H groups in total. The highest BCUT2D eigenvalue weighted by Crippen LogP contribution is 2.31. The van der Waals surface area contributed by atoms with Crippen molar-refractivity contribution in [2.45, 2.75) is 39.2 Å². The average molecular weight is 349 g/mol. The summed E-state index contributed by atoms with van der Waals surface area (Å²) in [6, 6.07) is 3.27. The molecule has 2 rings (SSSR count). The number of nitro groups is 1. The van der Waals surface area contributed by atoms with Crippen molar-refractivity contribution in [2.75, 3.05) is 18.0 Å². The summed E-state index contributed by atoms with van der Waals surface area (Å²) in [4.78, 5) is 36.4. The minimum atomic E-state index is -1.12. The Kier molecular flexibility index (Phi) is 5.95. The Labute approximate surface area is 146 Å². The maximum Gasteiger partial charge on any atom is 0.326 e. The maximum absolute atomic E-state index is 12.3. The van der Waals surface area contributed by atoms with Crippen molar-refractivity contribution in [2.24, 2.45) is 5.92 Å². The number of rotatable bonds is 7. The highest BCUT2D eigenvalue weighted by Gasteiger charge is 2.26. The molecule has 1 aromatic rings. The van der Waals surface area contributed by atoms with Gasteiger partial charge in [0.1, 0.15) is 11.7 Å². The molecule has 1 aromatic carbocycles. The summed E-state index contributed by atoms with van der Waals surface area (Å²) < 4.78 is 0. The number of anilines is 1. The molecule has 0 spiro atoms. The molecule has 0 aliphatic carbocycles. The molecule has 8 nitrogen and oxygen atoms in total. The lowest BCUT2D eigenvalue weighted by atomic mass is 10.0. The van der Waals surface area contributed by atoms with E-state index in [0.717, 1.165) is 25.9 Å². The standard InChI is InChI=1S/C17H23N3O5/c1-11(2)9-13(17(22)23)18-16(21)12-5-6-14(15(10-12)20(24)25)19-7-3-4-8-19/h5-6,10-11,13H,3-4,7-9H2,1-2H3,(H,18,21)(H,22,23). The summed E-state index contributed by atoms with van der Waals surface area (Å²) in [5.41, 5.74) is 0.450. The van der Waals surface area contributed by atoms with Gasteiger partial charge in [-0.3, -0.25) is 14.9 Å². The number of amides is 1. The van der Waals surface area contributed by atoms with Crippen LogP contribution in [0, 0.1) is 16.0 Å². The molecular formula is C17H23N3O5. The monoisotopic (exact) mass is 349 g/mol. The molecule has 1 saturated heterocycles. The van der Waals surface area contributed by atoms with Crippen LogP contribution in [0.1, 0.15) is 43.5 Å². The van der Waals surface area contributed by atoms with Crippen molar-refractivity contribution >= 4 is 23.3 Å². The van der Waals surface area contributed by atoms with Crippen molar-refractivity contribution in [3.05, 3.63) is 33.9 Å². The number of carbonyl (C=O) groups excluding carboxylic acids is 1. The zero-order chi connectivity index (χ0) is 18.6. The van der Waals surface area contributed by atoms with Crippen LogP contribution in [0.5, 0.6) is 0 Å². The number of carbonyl (C=O) groups is 2. The summed E-state index contributed by atoms with van der Waals surface area (Å²) >= 11 is 0. The lowest BCUT2D eigenvalue weighted by Gasteiger charge is -2.19. The molecule has 0 aromatic heterocycles. The van der Waals surface area contributed by atoms with Gasteiger partial charge >= 0.3 is 5.97 Å². The lowest BCUT2D eigenvalue weighted by molar-refractivity contribution is -0.384. The van der Waals surface area contributed by atoms with Gasteiger partial charge in [0, 0.05) is 24.7 Å². The Morgan fingerprint density at radius 2 is 1.96 bits per heavy atom. The minimum absolute atomic E-state index is 0.0876. The van der Waals surface area contributed by atoms with E-state index in [1.54, 1.807) is 6.07 Å². The fourth-order valence-electron chi connectivity index (χ4n) is 2.97. The molecular weight excluding hydrogens is 326 g/mol. The number of nitrogens with zero attached hydrogens (tertiary/aromatic N) is 2. The smallest absolute Gasteiger partial charge is 0.326 e. The van der Waals surface area contributed by atoms with Gasteiger partial charge in [0.2, 0.25) is 0 Å². The SMILES string of the molecule is CC(C)CC(NC(=O)c1ccc(N2CCCC2)c([N+](=O)[O-])c1)C(=O)O. The molecule has 0 saturated carbocycles. The van der Waals surface area contributed by atoms with Crippen LogP contribution in [-0.4, -0.2) is 41.0 Å². The zero-order valence-corrected chi connectivity index (χ0v) is 14.4. The Hall–Kier alpha value is -2.64. The first-order chi connectivity index (χ1) is 11.8. The van der Waals surface area contributed by atoms with Crippen molar-refractivity contribution in [1.29, 1.82) is 0 Å². The highest BCUT2D eigenvalue weighted by atomic mass is 16.6. The quantitative estimate of drug-likeness (QED) is 0.577. The first kappa shape index (κ1) is 18.7. The van der Waals surface area contributed by atoms with E-state index in [2.05, 4.69) is 5.32 Å². The third-order valence-corrected chi connectivity index (χ3v) is 4.19. The van der Waals surface area contributed by atoms with Crippen LogP contribution in [0.4, 0.5) is 11.4 Å². The predicted octanol–water partition coefficient (Wildman–Crippen LogP) is 2.42. The number of aliphatic carboxylic acids is 1. The third kappa shape index (κ3) is 4.68. The molecule has 1 fully saturated rings. The Bertz CT molecular complexity index is 668. The predicted molar refractivity (Wildman–Crippen MR) is 92.9 cm³/mol. The Morgan fingerprint density at radius 1 is 1.32 bits per heavy atom. The number of carboxylic acid groups (broad SMARTS) is 1. The number of nitro benzene ring substituents is 1. The van der Waals surface area contributed by atoms with Crippen LogP contribution < -0.4 is 10.2 Å². The van der Waals surface area contributed by atoms with Gasteiger partial charge in [-0.25, -0.2) is 4.79 Å². The van der Waals surface area contributed by atoms with Crippen LogP contribution in [0.15, 0.2) is 18.2 Å². The van der Waals surface area contributed by atoms with Gasteiger partial charge in [-0.1, -0.05) is 13.8 Å². The number of nitrogens with one attached hydrogen (secondary N) is 1. The lowest BCUT2D eigenvalue weighted by Crippen LogP contribution is -2.41. The second-order valence-corrected chi connectivity index (χ2v) is 6.65. The Balaban J connectivity index is 2.23. The van der Waals surface area contributed by atoms with Crippen molar-refractivity contribution in [3.63, 3.8) is 0 Å². The maximum atomic E-state index is 12.3.